The molecular formula is C20H22ClN3O3. The third-order valence-electron chi connectivity index (χ3n) is 4.35. The van der Waals surface area contributed by atoms with E-state index < -0.39 is 5.60 Å². The minimum absolute atomic E-state index is 0.0112. The summed E-state index contributed by atoms with van der Waals surface area (Å²) in [5, 5.41) is 15.9. The monoisotopic (exact) mass is 387 g/mol. The summed E-state index contributed by atoms with van der Waals surface area (Å²) in [4.78, 5) is 25.7. The Balaban J connectivity index is 1.45. The number of amides is 3. The van der Waals surface area contributed by atoms with E-state index >= 15 is 0 Å². The minimum atomic E-state index is -0.761. The molecule has 0 aromatic heterocycles. The van der Waals surface area contributed by atoms with Crippen LogP contribution in [0.1, 0.15) is 18.1 Å². The van der Waals surface area contributed by atoms with Gasteiger partial charge in [0.25, 0.3) is 0 Å². The van der Waals surface area contributed by atoms with Gasteiger partial charge in [-0.3, -0.25) is 4.79 Å². The standard InChI is InChI=1S/C20H22ClN3O3/c1-20(27)12-24(13-20)18(25)10-14-4-8-17(9-5-14)23-19(26)22-11-15-2-6-16(21)7-3-15/h2-9,27H,10-13H2,1H3,(H2,22,23,26). The fraction of sp³-hybridized carbons (Fsp3) is 0.300. The molecule has 3 rings (SSSR count). The van der Waals surface area contributed by atoms with Gasteiger partial charge in [-0.05, 0) is 42.3 Å². The molecule has 3 amide bonds. The molecule has 0 unspecified atom stereocenters. The summed E-state index contributed by atoms with van der Waals surface area (Å²) in [5.41, 5.74) is 1.70. The lowest BCUT2D eigenvalue weighted by Crippen LogP contribution is -2.62. The van der Waals surface area contributed by atoms with Crippen LogP contribution in [0.15, 0.2) is 48.5 Å². The number of nitrogens with one attached hydrogen (secondary N) is 2. The molecule has 2 aromatic rings. The van der Waals surface area contributed by atoms with Gasteiger partial charge in [0, 0.05) is 17.3 Å². The molecule has 27 heavy (non-hydrogen) atoms. The van der Waals surface area contributed by atoms with Crippen molar-refractivity contribution in [3.63, 3.8) is 0 Å². The van der Waals surface area contributed by atoms with Gasteiger partial charge in [0.15, 0.2) is 0 Å². The van der Waals surface area contributed by atoms with Gasteiger partial charge in [0.05, 0.1) is 25.1 Å². The molecule has 142 valence electrons. The summed E-state index contributed by atoms with van der Waals surface area (Å²) in [7, 11) is 0. The summed E-state index contributed by atoms with van der Waals surface area (Å²) in [5.74, 6) is -0.0112. The SMILES string of the molecule is CC1(O)CN(C(=O)Cc2ccc(NC(=O)NCc3ccc(Cl)cc3)cc2)C1. The molecule has 0 saturated carbocycles. The molecule has 2 aromatic carbocycles. The molecular weight excluding hydrogens is 366 g/mol. The van der Waals surface area contributed by atoms with E-state index in [4.69, 9.17) is 11.6 Å². The fourth-order valence-corrected chi connectivity index (χ4v) is 3.03. The molecule has 0 spiro atoms. The van der Waals surface area contributed by atoms with Crippen LogP contribution in [0.3, 0.4) is 0 Å². The highest BCUT2D eigenvalue weighted by atomic mass is 35.5. The number of anilines is 1. The summed E-state index contributed by atoms with van der Waals surface area (Å²) in [6, 6.07) is 14.1. The molecule has 6 nitrogen and oxygen atoms in total. The van der Waals surface area contributed by atoms with Gasteiger partial charge in [-0.2, -0.15) is 0 Å². The number of benzene rings is 2. The summed E-state index contributed by atoms with van der Waals surface area (Å²) in [6.45, 7) is 2.86. The van der Waals surface area contributed by atoms with Crippen LogP contribution in [0.5, 0.6) is 0 Å². The first-order valence-corrected chi connectivity index (χ1v) is 9.07. The van der Waals surface area contributed by atoms with Crippen molar-refractivity contribution in [3.8, 4) is 0 Å². The number of hydrogen-bond donors (Lipinski definition) is 3. The maximum Gasteiger partial charge on any atom is 0.319 e. The number of rotatable bonds is 5. The summed E-state index contributed by atoms with van der Waals surface area (Å²) in [6.07, 6.45) is 0.277. The highest BCUT2D eigenvalue weighted by Crippen LogP contribution is 2.21. The number of β-amino-alcohol motifs (C(OH)–C–C–N with tert-alkyl or cyclic N) is 1. The van der Waals surface area contributed by atoms with Crippen molar-refractivity contribution in [2.24, 2.45) is 0 Å². The van der Waals surface area contributed by atoms with Gasteiger partial charge in [-0.1, -0.05) is 35.9 Å². The maximum absolute atomic E-state index is 12.1. The number of carbonyl (C=O) groups excluding carboxylic acids is 2. The lowest BCUT2D eigenvalue weighted by molar-refractivity contribution is -0.151. The van der Waals surface area contributed by atoms with Crippen LogP contribution >= 0.6 is 11.6 Å². The van der Waals surface area contributed by atoms with Crippen LogP contribution in [0.2, 0.25) is 5.02 Å². The van der Waals surface area contributed by atoms with E-state index in [9.17, 15) is 14.7 Å². The Morgan fingerprint density at radius 2 is 1.67 bits per heavy atom. The highest BCUT2D eigenvalue weighted by Gasteiger charge is 2.38. The molecule has 0 radical (unpaired) electrons. The van der Waals surface area contributed by atoms with Gasteiger partial charge >= 0.3 is 6.03 Å². The second kappa shape index (κ2) is 7.98. The lowest BCUT2D eigenvalue weighted by atomic mass is 9.96. The van der Waals surface area contributed by atoms with Crippen LogP contribution in [-0.4, -0.2) is 40.6 Å². The first-order valence-electron chi connectivity index (χ1n) is 8.69. The zero-order chi connectivity index (χ0) is 19.4. The molecule has 1 aliphatic rings. The molecule has 1 heterocycles. The lowest BCUT2D eigenvalue weighted by Gasteiger charge is -2.44. The number of halogens is 1. The molecule has 0 atom stereocenters. The predicted octanol–water partition coefficient (Wildman–Crippen LogP) is 2.80. The third-order valence-corrected chi connectivity index (χ3v) is 4.60. The Hall–Kier alpha value is -2.57. The maximum atomic E-state index is 12.1. The molecule has 7 heteroatoms. The van der Waals surface area contributed by atoms with Crippen molar-refractivity contribution in [1.29, 1.82) is 0 Å². The van der Waals surface area contributed by atoms with Crippen LogP contribution in [0.25, 0.3) is 0 Å². The number of hydrogen-bond acceptors (Lipinski definition) is 3. The van der Waals surface area contributed by atoms with E-state index in [1.54, 1.807) is 36.1 Å². The summed E-state index contributed by atoms with van der Waals surface area (Å²) >= 11 is 5.83. The first kappa shape index (κ1) is 19.2. The van der Waals surface area contributed by atoms with Crippen molar-refractivity contribution >= 4 is 29.2 Å². The molecule has 1 fully saturated rings. The van der Waals surface area contributed by atoms with E-state index in [1.165, 1.54) is 0 Å². The van der Waals surface area contributed by atoms with Gasteiger partial charge < -0.3 is 20.6 Å². The van der Waals surface area contributed by atoms with Gasteiger partial charge in [0.2, 0.25) is 5.91 Å². The van der Waals surface area contributed by atoms with Crippen molar-refractivity contribution < 1.29 is 14.7 Å². The molecule has 1 aliphatic heterocycles. The minimum Gasteiger partial charge on any atom is -0.386 e. The van der Waals surface area contributed by atoms with E-state index in [0.717, 1.165) is 11.1 Å². The number of likely N-dealkylation sites (tertiary alicyclic amines) is 1. The van der Waals surface area contributed by atoms with Crippen molar-refractivity contribution in [3.05, 3.63) is 64.7 Å². The number of carbonyl (C=O) groups is 2. The zero-order valence-corrected chi connectivity index (χ0v) is 15.8. The van der Waals surface area contributed by atoms with E-state index in [-0.39, 0.29) is 18.4 Å². The quantitative estimate of drug-likeness (QED) is 0.737. The topological polar surface area (TPSA) is 81.7 Å². The fourth-order valence-electron chi connectivity index (χ4n) is 2.90. The van der Waals surface area contributed by atoms with E-state index in [0.29, 0.717) is 30.3 Å². The van der Waals surface area contributed by atoms with Gasteiger partial charge in [0.1, 0.15) is 0 Å². The number of urea groups is 1. The average molecular weight is 388 g/mol. The van der Waals surface area contributed by atoms with Gasteiger partial charge in [-0.15, -0.1) is 0 Å². The third kappa shape index (κ3) is 5.45. The largest absolute Gasteiger partial charge is 0.386 e. The van der Waals surface area contributed by atoms with Crippen LogP contribution < -0.4 is 10.6 Å². The molecule has 3 N–H and O–H groups in total. The average Bonchev–Trinajstić information content (AvgIpc) is 2.61. The van der Waals surface area contributed by atoms with Crippen molar-refractivity contribution in [2.45, 2.75) is 25.5 Å². The Bertz CT molecular complexity index is 811. The second-order valence-electron chi connectivity index (χ2n) is 7.05. The van der Waals surface area contributed by atoms with E-state index in [1.807, 2.05) is 24.3 Å². The van der Waals surface area contributed by atoms with Crippen LogP contribution in [0, 0.1) is 0 Å². The van der Waals surface area contributed by atoms with E-state index in [2.05, 4.69) is 10.6 Å². The normalized spacial score (nSPS) is 15.0. The Kier molecular flexibility index (Phi) is 5.68. The van der Waals surface area contributed by atoms with Crippen molar-refractivity contribution in [2.75, 3.05) is 18.4 Å². The predicted molar refractivity (Wildman–Crippen MR) is 105 cm³/mol. The van der Waals surface area contributed by atoms with Crippen LogP contribution in [0.4, 0.5) is 10.5 Å². The van der Waals surface area contributed by atoms with Gasteiger partial charge in [-0.25, -0.2) is 4.79 Å². The molecule has 0 bridgehead atoms. The first-order chi connectivity index (χ1) is 12.8. The van der Waals surface area contributed by atoms with Crippen molar-refractivity contribution in [1.82, 2.24) is 10.2 Å². The van der Waals surface area contributed by atoms with Crippen LogP contribution in [-0.2, 0) is 17.8 Å². The highest BCUT2D eigenvalue weighted by molar-refractivity contribution is 6.30. The second-order valence-corrected chi connectivity index (χ2v) is 7.49. The summed E-state index contributed by atoms with van der Waals surface area (Å²) < 4.78 is 0. The smallest absolute Gasteiger partial charge is 0.319 e. The Morgan fingerprint density at radius 1 is 1.07 bits per heavy atom. The Morgan fingerprint density at radius 3 is 2.26 bits per heavy atom. The number of nitrogens with zero attached hydrogens (tertiary/aromatic N) is 1. The Labute approximate surface area is 163 Å². The molecule has 0 aliphatic carbocycles. The molecule has 1 saturated heterocycles. The zero-order valence-electron chi connectivity index (χ0n) is 15.0. The number of aliphatic hydroxyl groups is 1.